The molecule has 0 amide bonds. The number of rotatable bonds is 4. The van der Waals surface area contributed by atoms with Gasteiger partial charge in [-0.05, 0) is 79.5 Å². The first-order valence-corrected chi connectivity index (χ1v) is 10.1. The zero-order chi connectivity index (χ0) is 20.1. The molecule has 1 fully saturated rings. The van der Waals surface area contributed by atoms with Crippen molar-refractivity contribution in [2.24, 2.45) is 0 Å². The summed E-state index contributed by atoms with van der Waals surface area (Å²) in [6, 6.07) is 3.02. The summed E-state index contributed by atoms with van der Waals surface area (Å²) in [5.41, 5.74) is 1.04. The van der Waals surface area contributed by atoms with Crippen molar-refractivity contribution in [3.8, 4) is 0 Å². The van der Waals surface area contributed by atoms with Gasteiger partial charge in [-0.15, -0.1) is 4.72 Å². The minimum Gasteiger partial charge on any atom is -0.598 e. The van der Waals surface area contributed by atoms with E-state index in [4.69, 9.17) is 9.31 Å². The van der Waals surface area contributed by atoms with Crippen molar-refractivity contribution in [1.29, 1.82) is 0 Å². The molecule has 0 aromatic heterocycles. The van der Waals surface area contributed by atoms with E-state index in [0.29, 0.717) is 5.46 Å². The topological polar surface area (TPSA) is 53.5 Å². The molecule has 0 spiro atoms. The van der Waals surface area contributed by atoms with Gasteiger partial charge >= 0.3 is 7.12 Å². The van der Waals surface area contributed by atoms with E-state index in [-0.39, 0.29) is 16.6 Å². The first kappa shape index (κ1) is 21.7. The number of halogens is 1. The molecule has 1 heterocycles. The second-order valence-electron chi connectivity index (χ2n) is 9.04. The maximum absolute atomic E-state index is 14.9. The number of aryl methyl sites for hydroxylation is 1. The van der Waals surface area contributed by atoms with Gasteiger partial charge in [0.15, 0.2) is 0 Å². The third kappa shape index (κ3) is 4.28. The van der Waals surface area contributed by atoms with Crippen molar-refractivity contribution < 1.29 is 18.3 Å². The van der Waals surface area contributed by atoms with Gasteiger partial charge in [0.05, 0.1) is 17.2 Å². The largest absolute Gasteiger partial charge is 0.598 e. The van der Waals surface area contributed by atoms with Crippen molar-refractivity contribution in [2.45, 2.75) is 84.3 Å². The summed E-state index contributed by atoms with van der Waals surface area (Å²) < 4.78 is 41.8. The monoisotopic (exact) mass is 383 g/mol. The fourth-order valence-electron chi connectivity index (χ4n) is 2.74. The van der Waals surface area contributed by atoms with Crippen molar-refractivity contribution in [3.05, 3.63) is 29.1 Å². The van der Waals surface area contributed by atoms with Gasteiger partial charge in [0.1, 0.15) is 10.6 Å². The minimum absolute atomic E-state index is 0.239. The average Bonchev–Trinajstić information content (AvgIpc) is 2.68. The van der Waals surface area contributed by atoms with E-state index in [0.717, 1.165) is 11.1 Å². The highest BCUT2D eigenvalue weighted by molar-refractivity contribution is 7.90. The Hall–Kier alpha value is -0.595. The Labute approximate surface area is 160 Å². The Kier molecular flexibility index (Phi) is 5.92. The van der Waals surface area contributed by atoms with E-state index in [1.165, 1.54) is 6.07 Å². The lowest BCUT2D eigenvalue weighted by molar-refractivity contribution is 0.00578. The van der Waals surface area contributed by atoms with Crippen LogP contribution < -0.4 is 10.2 Å². The Morgan fingerprint density at radius 2 is 1.65 bits per heavy atom. The summed E-state index contributed by atoms with van der Waals surface area (Å²) in [4.78, 5) is 0. The Morgan fingerprint density at radius 3 is 2.12 bits per heavy atom. The second-order valence-corrected chi connectivity index (χ2v) is 11.0. The highest BCUT2D eigenvalue weighted by Crippen LogP contribution is 2.37. The third-order valence-corrected chi connectivity index (χ3v) is 6.88. The molecule has 2 atom stereocenters. The van der Waals surface area contributed by atoms with Crippen LogP contribution in [-0.2, 0) is 20.7 Å². The molecule has 1 unspecified atom stereocenters. The molecular formula is C19H31BFNO3S. The minimum atomic E-state index is -1.23. The van der Waals surface area contributed by atoms with Gasteiger partial charge in [0.25, 0.3) is 0 Å². The van der Waals surface area contributed by atoms with Gasteiger partial charge in [-0.3, -0.25) is 0 Å². The maximum atomic E-state index is 14.9. The lowest BCUT2D eigenvalue weighted by atomic mass is 9.77. The second kappa shape index (κ2) is 7.10. The van der Waals surface area contributed by atoms with Gasteiger partial charge in [-0.2, -0.15) is 0 Å². The molecule has 0 aliphatic carbocycles. The van der Waals surface area contributed by atoms with Gasteiger partial charge in [-0.25, -0.2) is 4.39 Å². The molecule has 1 N–H and O–H groups in total. The van der Waals surface area contributed by atoms with Crippen LogP contribution in [0, 0.1) is 12.7 Å². The Balaban J connectivity index is 2.26. The molecule has 4 nitrogen and oxygen atoms in total. The molecular weight excluding hydrogens is 352 g/mol. The molecule has 1 saturated heterocycles. The van der Waals surface area contributed by atoms with Crippen LogP contribution in [0.15, 0.2) is 12.1 Å². The molecule has 0 radical (unpaired) electrons. The Bertz CT molecular complexity index is 659. The molecule has 1 aliphatic heterocycles. The van der Waals surface area contributed by atoms with Gasteiger partial charge in [0, 0.05) is 16.8 Å². The number of hydrogen-bond donors (Lipinski definition) is 1. The zero-order valence-electron chi connectivity index (χ0n) is 17.3. The molecule has 146 valence electrons. The van der Waals surface area contributed by atoms with Crippen LogP contribution in [0.2, 0.25) is 0 Å². The molecule has 0 saturated carbocycles. The van der Waals surface area contributed by atoms with Crippen LogP contribution >= 0.6 is 0 Å². The van der Waals surface area contributed by atoms with Gasteiger partial charge in [-0.1, -0.05) is 6.07 Å². The van der Waals surface area contributed by atoms with Crippen molar-refractivity contribution >= 4 is 23.9 Å². The summed E-state index contributed by atoms with van der Waals surface area (Å²) in [7, 11) is -0.736. The van der Waals surface area contributed by atoms with E-state index >= 15 is 0 Å². The highest BCUT2D eigenvalue weighted by atomic mass is 32.2. The average molecular weight is 383 g/mol. The van der Waals surface area contributed by atoms with Crippen LogP contribution in [0.1, 0.15) is 72.6 Å². The highest BCUT2D eigenvalue weighted by Gasteiger charge is 2.52. The van der Waals surface area contributed by atoms with Gasteiger partial charge in [0.2, 0.25) is 0 Å². The molecule has 7 heteroatoms. The standard InChI is InChI=1S/C19H31BFNO3S/c1-12-10-15(20-24-18(6,7)19(8,9)25-20)16(21)11-14(12)13(2)22-26(23)17(3,4)5/h10-11,13,22H,1-9H3/t13-,26?/m1/s1. The number of hydrogen-bond acceptors (Lipinski definition) is 4. The molecule has 1 aromatic rings. The molecule has 26 heavy (non-hydrogen) atoms. The number of benzene rings is 1. The molecule has 1 aliphatic rings. The normalized spacial score (nSPS) is 21.7. The maximum Gasteiger partial charge on any atom is 0.497 e. The van der Waals surface area contributed by atoms with Crippen LogP contribution in [0.3, 0.4) is 0 Å². The van der Waals surface area contributed by atoms with Gasteiger partial charge < -0.3 is 13.9 Å². The van der Waals surface area contributed by atoms with E-state index in [2.05, 4.69) is 4.72 Å². The molecule has 1 aromatic carbocycles. The summed E-state index contributed by atoms with van der Waals surface area (Å²) in [6.45, 7) is 17.3. The van der Waals surface area contributed by atoms with E-state index in [9.17, 15) is 8.94 Å². The molecule has 2 rings (SSSR count). The summed E-state index contributed by atoms with van der Waals surface area (Å²) >= 11 is -1.23. The third-order valence-electron chi connectivity index (χ3n) is 5.20. The first-order chi connectivity index (χ1) is 11.7. The summed E-state index contributed by atoms with van der Waals surface area (Å²) in [6.07, 6.45) is 0. The Morgan fingerprint density at radius 1 is 1.15 bits per heavy atom. The fraction of sp³-hybridized carbons (Fsp3) is 0.684. The van der Waals surface area contributed by atoms with E-state index < -0.39 is 29.7 Å². The predicted octanol–water partition coefficient (Wildman–Crippen LogP) is 3.55. The first-order valence-electron chi connectivity index (χ1n) is 8.99. The molecule has 0 bridgehead atoms. The van der Waals surface area contributed by atoms with E-state index in [1.807, 2.05) is 62.3 Å². The van der Waals surface area contributed by atoms with Crippen LogP contribution in [-0.4, -0.2) is 27.6 Å². The van der Waals surface area contributed by atoms with Crippen molar-refractivity contribution in [1.82, 2.24) is 4.72 Å². The summed E-state index contributed by atoms with van der Waals surface area (Å²) in [5, 5.41) is 0. The van der Waals surface area contributed by atoms with Crippen LogP contribution in [0.5, 0.6) is 0 Å². The van der Waals surface area contributed by atoms with E-state index in [1.54, 1.807) is 6.07 Å². The SMILES string of the molecule is Cc1cc(B2OC(C)(C)C(C)(C)O2)c(F)cc1[C@@H](C)N[S+]([O-])C(C)(C)C. The lowest BCUT2D eigenvalue weighted by Crippen LogP contribution is -2.41. The zero-order valence-corrected chi connectivity index (χ0v) is 18.1. The smallest absolute Gasteiger partial charge is 0.497 e. The van der Waals surface area contributed by atoms with Crippen LogP contribution in [0.25, 0.3) is 0 Å². The van der Waals surface area contributed by atoms with Crippen molar-refractivity contribution in [2.75, 3.05) is 0 Å². The van der Waals surface area contributed by atoms with Crippen molar-refractivity contribution in [3.63, 3.8) is 0 Å². The lowest BCUT2D eigenvalue weighted by Gasteiger charge is -2.32. The van der Waals surface area contributed by atoms with Crippen LogP contribution in [0.4, 0.5) is 4.39 Å². The predicted molar refractivity (Wildman–Crippen MR) is 106 cm³/mol. The number of nitrogens with one attached hydrogen (secondary N) is 1. The fourth-order valence-corrected chi connectivity index (χ4v) is 3.54. The quantitative estimate of drug-likeness (QED) is 0.638. The summed E-state index contributed by atoms with van der Waals surface area (Å²) in [5.74, 6) is -0.376.